The van der Waals surface area contributed by atoms with Gasteiger partial charge in [0.05, 0.1) is 19.9 Å². The highest BCUT2D eigenvalue weighted by Crippen LogP contribution is 2.38. The van der Waals surface area contributed by atoms with Crippen molar-refractivity contribution in [1.82, 2.24) is 0 Å². The first kappa shape index (κ1) is 18.4. The van der Waals surface area contributed by atoms with E-state index in [4.69, 9.17) is 14.2 Å². The summed E-state index contributed by atoms with van der Waals surface area (Å²) in [5.41, 5.74) is 2.38. The average Bonchev–Trinajstić information content (AvgIpc) is 2.66. The van der Waals surface area contributed by atoms with Crippen molar-refractivity contribution in [3.05, 3.63) is 59.7 Å². The van der Waals surface area contributed by atoms with E-state index in [1.165, 1.54) is 7.11 Å². The SMILES string of the molecule is CC/C=C/c1c(NC(=O)OC)ccc(OC)c1OCc1ccccc1. The number of hydrogen-bond acceptors (Lipinski definition) is 4. The Labute approximate surface area is 148 Å². The molecule has 0 unspecified atom stereocenters. The molecule has 2 rings (SSSR count). The molecule has 0 aliphatic heterocycles. The van der Waals surface area contributed by atoms with Crippen LogP contribution in [-0.2, 0) is 11.3 Å². The zero-order chi connectivity index (χ0) is 18.1. The number of methoxy groups -OCH3 is 2. The number of hydrogen-bond donors (Lipinski definition) is 1. The van der Waals surface area contributed by atoms with Crippen molar-refractivity contribution in [1.29, 1.82) is 0 Å². The summed E-state index contributed by atoms with van der Waals surface area (Å²) < 4.78 is 16.2. The van der Waals surface area contributed by atoms with Crippen LogP contribution in [0.5, 0.6) is 11.5 Å². The molecule has 0 saturated carbocycles. The van der Waals surface area contributed by atoms with Crippen molar-refractivity contribution in [3.63, 3.8) is 0 Å². The molecule has 0 spiro atoms. The molecule has 2 aromatic rings. The molecule has 5 heteroatoms. The molecule has 0 radical (unpaired) electrons. The molecule has 132 valence electrons. The highest BCUT2D eigenvalue weighted by molar-refractivity contribution is 5.89. The number of allylic oxidation sites excluding steroid dienone is 1. The predicted molar refractivity (Wildman–Crippen MR) is 99.1 cm³/mol. The van der Waals surface area contributed by atoms with Gasteiger partial charge in [0.25, 0.3) is 0 Å². The molecule has 0 saturated heterocycles. The van der Waals surface area contributed by atoms with Crippen LogP contribution in [0.3, 0.4) is 0 Å². The van der Waals surface area contributed by atoms with Gasteiger partial charge in [0.1, 0.15) is 6.61 Å². The Morgan fingerprint density at radius 1 is 1.12 bits per heavy atom. The van der Waals surface area contributed by atoms with E-state index >= 15 is 0 Å². The summed E-state index contributed by atoms with van der Waals surface area (Å²) in [5, 5.41) is 2.71. The van der Waals surface area contributed by atoms with E-state index in [-0.39, 0.29) is 0 Å². The summed E-state index contributed by atoms with van der Waals surface area (Å²) in [6.45, 7) is 2.43. The van der Waals surface area contributed by atoms with Crippen LogP contribution >= 0.6 is 0 Å². The first-order valence-electron chi connectivity index (χ1n) is 8.08. The van der Waals surface area contributed by atoms with Crippen LogP contribution in [0.2, 0.25) is 0 Å². The minimum atomic E-state index is -0.537. The lowest BCUT2D eigenvalue weighted by molar-refractivity contribution is 0.187. The minimum Gasteiger partial charge on any atom is -0.493 e. The molecule has 25 heavy (non-hydrogen) atoms. The van der Waals surface area contributed by atoms with Gasteiger partial charge in [-0.05, 0) is 24.1 Å². The number of amides is 1. The van der Waals surface area contributed by atoms with Crippen molar-refractivity contribution >= 4 is 17.9 Å². The van der Waals surface area contributed by atoms with E-state index in [2.05, 4.69) is 5.32 Å². The van der Waals surface area contributed by atoms with Gasteiger partial charge in [-0.3, -0.25) is 5.32 Å². The number of rotatable bonds is 7. The molecule has 5 nitrogen and oxygen atoms in total. The molecule has 0 fully saturated rings. The normalized spacial score (nSPS) is 10.5. The lowest BCUT2D eigenvalue weighted by Crippen LogP contribution is -2.12. The summed E-state index contributed by atoms with van der Waals surface area (Å²) in [7, 11) is 2.92. The highest BCUT2D eigenvalue weighted by atomic mass is 16.5. The Kier molecular flexibility index (Phi) is 6.89. The van der Waals surface area contributed by atoms with Crippen molar-refractivity contribution in [3.8, 4) is 11.5 Å². The molecule has 0 aliphatic rings. The van der Waals surface area contributed by atoms with E-state index in [9.17, 15) is 4.79 Å². The number of ether oxygens (including phenoxy) is 3. The zero-order valence-electron chi connectivity index (χ0n) is 14.7. The summed E-state index contributed by atoms with van der Waals surface area (Å²) in [4.78, 5) is 11.6. The predicted octanol–water partition coefficient (Wildman–Crippen LogP) is 4.88. The second-order valence-corrected chi connectivity index (χ2v) is 5.26. The van der Waals surface area contributed by atoms with Gasteiger partial charge in [-0.25, -0.2) is 4.79 Å². The molecule has 1 N–H and O–H groups in total. The molecule has 0 aromatic heterocycles. The van der Waals surface area contributed by atoms with E-state index in [0.717, 1.165) is 17.5 Å². The highest BCUT2D eigenvalue weighted by Gasteiger charge is 2.16. The van der Waals surface area contributed by atoms with Gasteiger partial charge < -0.3 is 14.2 Å². The van der Waals surface area contributed by atoms with Crippen LogP contribution in [0.1, 0.15) is 24.5 Å². The van der Waals surface area contributed by atoms with Crippen LogP contribution < -0.4 is 14.8 Å². The van der Waals surface area contributed by atoms with Crippen molar-refractivity contribution < 1.29 is 19.0 Å². The molecule has 2 aromatic carbocycles. The van der Waals surface area contributed by atoms with Gasteiger partial charge in [-0.15, -0.1) is 0 Å². The van der Waals surface area contributed by atoms with Crippen LogP contribution in [0.15, 0.2) is 48.5 Å². The van der Waals surface area contributed by atoms with Gasteiger partial charge in [-0.2, -0.15) is 0 Å². The number of nitrogens with one attached hydrogen (secondary N) is 1. The topological polar surface area (TPSA) is 56.8 Å². The molecule has 0 atom stereocenters. The van der Waals surface area contributed by atoms with E-state index in [1.807, 2.05) is 49.4 Å². The number of carbonyl (C=O) groups is 1. The third-order valence-electron chi connectivity index (χ3n) is 3.55. The van der Waals surface area contributed by atoms with Crippen LogP contribution in [-0.4, -0.2) is 20.3 Å². The third kappa shape index (κ3) is 5.01. The zero-order valence-corrected chi connectivity index (χ0v) is 14.7. The smallest absolute Gasteiger partial charge is 0.411 e. The molecular weight excluding hydrogens is 318 g/mol. The van der Waals surface area contributed by atoms with Gasteiger partial charge in [-0.1, -0.05) is 49.4 Å². The van der Waals surface area contributed by atoms with E-state index < -0.39 is 6.09 Å². The van der Waals surface area contributed by atoms with E-state index in [1.54, 1.807) is 19.2 Å². The maximum atomic E-state index is 11.6. The molecule has 1 amide bonds. The summed E-state index contributed by atoms with van der Waals surface area (Å²) >= 11 is 0. The maximum Gasteiger partial charge on any atom is 0.411 e. The van der Waals surface area contributed by atoms with Gasteiger partial charge >= 0.3 is 6.09 Å². The van der Waals surface area contributed by atoms with Crippen molar-refractivity contribution in [2.24, 2.45) is 0 Å². The van der Waals surface area contributed by atoms with Crippen molar-refractivity contribution in [2.45, 2.75) is 20.0 Å². The Morgan fingerprint density at radius 3 is 2.52 bits per heavy atom. The van der Waals surface area contributed by atoms with E-state index in [0.29, 0.717) is 23.8 Å². The van der Waals surface area contributed by atoms with Crippen molar-refractivity contribution in [2.75, 3.05) is 19.5 Å². The summed E-state index contributed by atoms with van der Waals surface area (Å²) in [5.74, 6) is 1.17. The molecule has 0 heterocycles. The molecule has 0 aliphatic carbocycles. The fraction of sp³-hybridized carbons (Fsp3) is 0.250. The molecular formula is C20H23NO4. The van der Waals surface area contributed by atoms with Crippen LogP contribution in [0.4, 0.5) is 10.5 Å². The monoisotopic (exact) mass is 341 g/mol. The molecule has 0 bridgehead atoms. The average molecular weight is 341 g/mol. The third-order valence-corrected chi connectivity index (χ3v) is 3.55. The van der Waals surface area contributed by atoms with Crippen LogP contribution in [0.25, 0.3) is 6.08 Å². The number of anilines is 1. The minimum absolute atomic E-state index is 0.395. The fourth-order valence-corrected chi connectivity index (χ4v) is 2.29. The quantitative estimate of drug-likeness (QED) is 0.780. The standard InChI is InChI=1S/C20H23NO4/c1-4-5-11-16-17(21-20(22)24-3)12-13-18(23-2)19(16)25-14-15-9-7-6-8-10-15/h5-13H,4,14H2,1-3H3,(H,21,22)/b11-5+. The lowest BCUT2D eigenvalue weighted by Gasteiger charge is -2.17. The largest absolute Gasteiger partial charge is 0.493 e. The lowest BCUT2D eigenvalue weighted by atomic mass is 10.1. The fourth-order valence-electron chi connectivity index (χ4n) is 2.29. The van der Waals surface area contributed by atoms with Crippen LogP contribution in [0, 0.1) is 0 Å². The Bertz CT molecular complexity index is 726. The Hall–Kier alpha value is -2.95. The number of benzene rings is 2. The number of carbonyl (C=O) groups excluding carboxylic acids is 1. The summed E-state index contributed by atoms with van der Waals surface area (Å²) in [6.07, 6.45) is 4.22. The maximum absolute atomic E-state index is 11.6. The Balaban J connectivity index is 2.39. The Morgan fingerprint density at radius 2 is 1.88 bits per heavy atom. The van der Waals surface area contributed by atoms with Gasteiger partial charge in [0, 0.05) is 5.56 Å². The second kappa shape index (κ2) is 9.37. The van der Waals surface area contributed by atoms with Gasteiger partial charge in [0.15, 0.2) is 11.5 Å². The first-order valence-corrected chi connectivity index (χ1v) is 8.08. The van der Waals surface area contributed by atoms with Gasteiger partial charge in [0.2, 0.25) is 0 Å². The first-order chi connectivity index (χ1) is 12.2. The second-order valence-electron chi connectivity index (χ2n) is 5.26. The summed E-state index contributed by atoms with van der Waals surface area (Å²) in [6, 6.07) is 13.4.